The zero-order valence-electron chi connectivity index (χ0n) is 16.4. The zero-order valence-corrected chi connectivity index (χ0v) is 16.4. The van der Waals surface area contributed by atoms with Gasteiger partial charge in [0.05, 0.1) is 6.54 Å². The van der Waals surface area contributed by atoms with Crippen LogP contribution in [-0.4, -0.2) is 40.7 Å². The Kier molecular flexibility index (Phi) is 5.58. The summed E-state index contributed by atoms with van der Waals surface area (Å²) in [6.45, 7) is 8.29. The summed E-state index contributed by atoms with van der Waals surface area (Å²) in [5, 5.41) is 4.04. The summed E-state index contributed by atoms with van der Waals surface area (Å²) < 4.78 is 11.1. The van der Waals surface area contributed by atoms with Gasteiger partial charge in [-0.3, -0.25) is 4.90 Å². The second-order valence-corrected chi connectivity index (χ2v) is 7.31. The summed E-state index contributed by atoms with van der Waals surface area (Å²) in [5.74, 6) is 2.02. The Morgan fingerprint density at radius 3 is 2.61 bits per heavy atom. The van der Waals surface area contributed by atoms with Crippen molar-refractivity contribution in [3.8, 4) is 5.75 Å². The molecule has 146 valence electrons. The minimum absolute atomic E-state index is 0.310. The molecule has 3 aromatic rings. The lowest BCUT2D eigenvalue weighted by Gasteiger charge is -2.40. The molecular formula is C22H26N4O2. The maximum Gasteiger partial charge on any atom is 0.240 e. The van der Waals surface area contributed by atoms with Crippen molar-refractivity contribution in [2.45, 2.75) is 33.0 Å². The number of benzene rings is 2. The molecule has 1 aliphatic heterocycles. The first kappa shape index (κ1) is 18.5. The normalized spacial score (nSPS) is 17.6. The number of nitrogens with zero attached hydrogens (tertiary/aromatic N) is 4. The maximum absolute atomic E-state index is 5.68. The fraction of sp³-hybridized carbons (Fsp3) is 0.364. The second kappa shape index (κ2) is 8.44. The Balaban J connectivity index is 1.30. The van der Waals surface area contributed by atoms with Crippen molar-refractivity contribution >= 4 is 5.69 Å². The van der Waals surface area contributed by atoms with E-state index in [1.807, 2.05) is 30.3 Å². The Morgan fingerprint density at radius 1 is 1.07 bits per heavy atom. The molecule has 0 aliphatic carbocycles. The number of anilines is 1. The maximum atomic E-state index is 5.68. The first-order valence-electron chi connectivity index (χ1n) is 9.72. The molecule has 1 fully saturated rings. The van der Waals surface area contributed by atoms with E-state index in [1.54, 1.807) is 0 Å². The van der Waals surface area contributed by atoms with E-state index in [9.17, 15) is 0 Å². The van der Waals surface area contributed by atoms with E-state index in [2.05, 4.69) is 58.1 Å². The molecule has 0 N–H and O–H groups in total. The lowest BCUT2D eigenvalue weighted by atomic mass is 10.1. The van der Waals surface area contributed by atoms with Crippen molar-refractivity contribution in [1.82, 2.24) is 15.0 Å². The van der Waals surface area contributed by atoms with Crippen LogP contribution in [0.5, 0.6) is 5.75 Å². The van der Waals surface area contributed by atoms with E-state index in [0.29, 0.717) is 30.9 Å². The summed E-state index contributed by atoms with van der Waals surface area (Å²) in [7, 11) is 0. The third kappa shape index (κ3) is 4.51. The van der Waals surface area contributed by atoms with Crippen molar-refractivity contribution in [2.24, 2.45) is 0 Å². The quantitative estimate of drug-likeness (QED) is 0.652. The van der Waals surface area contributed by atoms with Gasteiger partial charge in [-0.15, -0.1) is 0 Å². The van der Waals surface area contributed by atoms with Crippen LogP contribution in [0.1, 0.15) is 24.2 Å². The number of hydrogen-bond acceptors (Lipinski definition) is 6. The predicted octanol–water partition coefficient (Wildman–Crippen LogP) is 3.67. The number of para-hydroxylation sites is 1. The highest BCUT2D eigenvalue weighted by Gasteiger charge is 2.25. The van der Waals surface area contributed by atoms with Gasteiger partial charge in [-0.1, -0.05) is 41.1 Å². The minimum Gasteiger partial charge on any atom is -0.485 e. The first-order chi connectivity index (χ1) is 13.7. The summed E-state index contributed by atoms with van der Waals surface area (Å²) in [6, 6.07) is 18.8. The number of hydrogen-bond donors (Lipinski definition) is 0. The summed E-state index contributed by atoms with van der Waals surface area (Å²) in [4.78, 5) is 9.31. The highest BCUT2D eigenvalue weighted by molar-refractivity contribution is 5.48. The summed E-state index contributed by atoms with van der Waals surface area (Å²) in [6.07, 6.45) is 0. The van der Waals surface area contributed by atoms with Gasteiger partial charge in [-0.2, -0.15) is 4.98 Å². The van der Waals surface area contributed by atoms with Crippen LogP contribution in [0.3, 0.4) is 0 Å². The highest BCUT2D eigenvalue weighted by Crippen LogP contribution is 2.21. The van der Waals surface area contributed by atoms with E-state index < -0.39 is 0 Å². The Hall–Kier alpha value is -2.86. The molecule has 1 atom stereocenters. The smallest absolute Gasteiger partial charge is 0.240 e. The van der Waals surface area contributed by atoms with Gasteiger partial charge in [0, 0.05) is 31.4 Å². The van der Waals surface area contributed by atoms with Crippen molar-refractivity contribution in [1.29, 1.82) is 0 Å². The van der Waals surface area contributed by atoms with Crippen LogP contribution in [0.15, 0.2) is 59.1 Å². The van der Waals surface area contributed by atoms with Crippen molar-refractivity contribution < 1.29 is 9.26 Å². The van der Waals surface area contributed by atoms with Crippen LogP contribution in [0, 0.1) is 6.92 Å². The molecule has 2 aromatic carbocycles. The molecule has 6 nitrogen and oxygen atoms in total. The Labute approximate surface area is 165 Å². The zero-order chi connectivity index (χ0) is 19.3. The lowest BCUT2D eigenvalue weighted by molar-refractivity contribution is 0.159. The van der Waals surface area contributed by atoms with Crippen LogP contribution >= 0.6 is 0 Å². The summed E-state index contributed by atoms with van der Waals surface area (Å²) >= 11 is 0. The molecule has 0 amide bonds. The minimum atomic E-state index is 0.310. The average molecular weight is 378 g/mol. The SMILES string of the molecule is Cc1ccc(N2CCN(Cc3nc(COc4ccccc4)no3)C(C)C2)cc1. The average Bonchev–Trinajstić information content (AvgIpc) is 3.17. The molecule has 0 spiro atoms. The molecule has 2 heterocycles. The van der Waals surface area contributed by atoms with E-state index in [-0.39, 0.29) is 0 Å². The topological polar surface area (TPSA) is 54.6 Å². The number of aromatic nitrogens is 2. The van der Waals surface area contributed by atoms with Gasteiger partial charge < -0.3 is 14.2 Å². The summed E-state index contributed by atoms with van der Waals surface area (Å²) in [5.41, 5.74) is 2.58. The number of aryl methyl sites for hydroxylation is 1. The molecule has 1 saturated heterocycles. The molecule has 0 bridgehead atoms. The van der Waals surface area contributed by atoms with Gasteiger partial charge in [0.2, 0.25) is 11.7 Å². The predicted molar refractivity (Wildman–Crippen MR) is 108 cm³/mol. The fourth-order valence-corrected chi connectivity index (χ4v) is 3.47. The first-order valence-corrected chi connectivity index (χ1v) is 9.72. The van der Waals surface area contributed by atoms with Crippen LogP contribution in [0.4, 0.5) is 5.69 Å². The lowest BCUT2D eigenvalue weighted by Crippen LogP contribution is -2.51. The number of rotatable bonds is 6. The molecule has 0 radical (unpaired) electrons. The molecule has 6 heteroatoms. The second-order valence-electron chi connectivity index (χ2n) is 7.31. The molecule has 28 heavy (non-hydrogen) atoms. The monoisotopic (exact) mass is 378 g/mol. The fourth-order valence-electron chi connectivity index (χ4n) is 3.47. The van der Waals surface area contributed by atoms with Crippen molar-refractivity contribution in [3.05, 3.63) is 71.9 Å². The number of piperazine rings is 1. The Morgan fingerprint density at radius 2 is 1.86 bits per heavy atom. The molecule has 1 aromatic heterocycles. The van der Waals surface area contributed by atoms with Gasteiger partial charge in [-0.25, -0.2) is 0 Å². The Bertz CT molecular complexity index is 879. The van der Waals surface area contributed by atoms with Crippen LogP contribution < -0.4 is 9.64 Å². The largest absolute Gasteiger partial charge is 0.485 e. The van der Waals surface area contributed by atoms with E-state index in [4.69, 9.17) is 9.26 Å². The molecular weight excluding hydrogens is 352 g/mol. The van der Waals surface area contributed by atoms with E-state index in [1.165, 1.54) is 11.3 Å². The van der Waals surface area contributed by atoms with Crippen LogP contribution in [0.25, 0.3) is 0 Å². The van der Waals surface area contributed by atoms with Gasteiger partial charge in [-0.05, 0) is 38.1 Å². The van der Waals surface area contributed by atoms with Crippen LogP contribution in [-0.2, 0) is 13.2 Å². The molecule has 0 saturated carbocycles. The standard InChI is InChI=1S/C22H26N4O2/c1-17-8-10-19(11-9-17)26-13-12-25(18(2)14-26)15-22-23-21(24-28-22)16-27-20-6-4-3-5-7-20/h3-11,18H,12-16H2,1-2H3. The third-order valence-electron chi connectivity index (χ3n) is 5.12. The third-order valence-corrected chi connectivity index (χ3v) is 5.12. The molecule has 1 unspecified atom stereocenters. The number of ether oxygens (including phenoxy) is 1. The van der Waals surface area contributed by atoms with Gasteiger partial charge >= 0.3 is 0 Å². The molecule has 4 rings (SSSR count). The van der Waals surface area contributed by atoms with E-state index >= 15 is 0 Å². The van der Waals surface area contributed by atoms with Crippen LogP contribution in [0.2, 0.25) is 0 Å². The van der Waals surface area contributed by atoms with Crippen molar-refractivity contribution in [3.63, 3.8) is 0 Å². The highest BCUT2D eigenvalue weighted by atomic mass is 16.5. The van der Waals surface area contributed by atoms with E-state index in [0.717, 1.165) is 25.4 Å². The van der Waals surface area contributed by atoms with Crippen molar-refractivity contribution in [2.75, 3.05) is 24.5 Å². The van der Waals surface area contributed by atoms with Gasteiger partial charge in [0.25, 0.3) is 0 Å². The van der Waals surface area contributed by atoms with Gasteiger partial charge in [0.1, 0.15) is 5.75 Å². The van der Waals surface area contributed by atoms with Gasteiger partial charge in [0.15, 0.2) is 6.61 Å². The molecule has 1 aliphatic rings.